The van der Waals surface area contributed by atoms with Crippen LogP contribution in [0.2, 0.25) is 0 Å². The lowest BCUT2D eigenvalue weighted by molar-refractivity contribution is -0.155. The van der Waals surface area contributed by atoms with E-state index >= 15 is 0 Å². The molecule has 0 bridgehead atoms. The molecule has 8 heteroatoms. The summed E-state index contributed by atoms with van der Waals surface area (Å²) in [5.74, 6) is -1.29. The SMILES string of the molecule is CCOC(=O)/C=C/N(S(=O)[O-])C1(C(=O)OCc2ccccc2)CCCC1. The summed E-state index contributed by atoms with van der Waals surface area (Å²) >= 11 is -2.73. The minimum atomic E-state index is -2.73. The summed E-state index contributed by atoms with van der Waals surface area (Å²) in [4.78, 5) is 24.3. The topological polar surface area (TPSA) is 96.0 Å². The van der Waals surface area contributed by atoms with Gasteiger partial charge in [-0.2, -0.15) is 0 Å². The monoisotopic (exact) mass is 380 g/mol. The van der Waals surface area contributed by atoms with Gasteiger partial charge in [-0.05, 0) is 25.3 Å². The summed E-state index contributed by atoms with van der Waals surface area (Å²) < 4.78 is 34.6. The van der Waals surface area contributed by atoms with Crippen molar-refractivity contribution >= 4 is 23.2 Å². The van der Waals surface area contributed by atoms with Crippen LogP contribution < -0.4 is 0 Å². The van der Waals surface area contributed by atoms with Crippen LogP contribution in [-0.2, 0) is 36.9 Å². The summed E-state index contributed by atoms with van der Waals surface area (Å²) in [5, 5.41) is 0. The van der Waals surface area contributed by atoms with Crippen molar-refractivity contribution in [2.45, 2.75) is 44.8 Å². The molecule has 1 unspecified atom stereocenters. The van der Waals surface area contributed by atoms with Crippen molar-refractivity contribution in [1.29, 1.82) is 0 Å². The minimum Gasteiger partial charge on any atom is -0.755 e. The molecule has 0 heterocycles. The highest BCUT2D eigenvalue weighted by atomic mass is 32.2. The number of carbonyl (C=O) groups excluding carboxylic acids is 2. The first-order valence-electron chi connectivity index (χ1n) is 8.44. The molecule has 26 heavy (non-hydrogen) atoms. The highest BCUT2D eigenvalue weighted by Gasteiger charge is 2.47. The van der Waals surface area contributed by atoms with Crippen LogP contribution in [0, 0.1) is 0 Å². The van der Waals surface area contributed by atoms with Crippen molar-refractivity contribution in [2.24, 2.45) is 0 Å². The second-order valence-electron chi connectivity index (χ2n) is 5.91. The van der Waals surface area contributed by atoms with Crippen molar-refractivity contribution in [3.63, 3.8) is 0 Å². The zero-order valence-corrected chi connectivity index (χ0v) is 15.4. The Kier molecular flexibility index (Phi) is 7.35. The van der Waals surface area contributed by atoms with Gasteiger partial charge in [0, 0.05) is 23.5 Å². The molecule has 0 aliphatic heterocycles. The Morgan fingerprint density at radius 1 is 1.23 bits per heavy atom. The van der Waals surface area contributed by atoms with Gasteiger partial charge in [0.15, 0.2) is 0 Å². The third kappa shape index (κ3) is 4.92. The van der Waals surface area contributed by atoms with Crippen molar-refractivity contribution in [3.8, 4) is 0 Å². The maximum absolute atomic E-state index is 12.8. The first-order valence-corrected chi connectivity index (χ1v) is 9.47. The maximum atomic E-state index is 12.8. The molecule has 0 radical (unpaired) electrons. The molecular formula is C18H22NO6S-. The summed E-state index contributed by atoms with van der Waals surface area (Å²) in [5.41, 5.74) is -0.518. The van der Waals surface area contributed by atoms with E-state index in [1.54, 1.807) is 6.92 Å². The summed E-state index contributed by atoms with van der Waals surface area (Å²) in [6, 6.07) is 9.15. The van der Waals surface area contributed by atoms with Crippen LogP contribution in [0.1, 0.15) is 38.2 Å². The van der Waals surface area contributed by atoms with Gasteiger partial charge in [-0.3, -0.25) is 8.51 Å². The van der Waals surface area contributed by atoms with Gasteiger partial charge in [-0.25, -0.2) is 9.59 Å². The third-order valence-corrected chi connectivity index (χ3v) is 5.03. The van der Waals surface area contributed by atoms with E-state index in [4.69, 9.17) is 9.47 Å². The lowest BCUT2D eigenvalue weighted by Gasteiger charge is -2.38. The van der Waals surface area contributed by atoms with E-state index < -0.39 is 28.7 Å². The van der Waals surface area contributed by atoms with Crippen molar-refractivity contribution in [2.75, 3.05) is 6.61 Å². The second-order valence-corrected chi connectivity index (χ2v) is 6.74. The fourth-order valence-corrected chi connectivity index (χ4v) is 3.69. The first kappa shape index (κ1) is 20.1. The van der Waals surface area contributed by atoms with Crippen LogP contribution >= 0.6 is 0 Å². The summed E-state index contributed by atoms with van der Waals surface area (Å²) in [6.07, 6.45) is 4.15. The Hall–Kier alpha value is -2.19. The molecule has 0 saturated heterocycles. The third-order valence-electron chi connectivity index (χ3n) is 4.24. The molecule has 1 aromatic carbocycles. The van der Waals surface area contributed by atoms with Crippen molar-refractivity contribution < 1.29 is 27.8 Å². The first-order chi connectivity index (χ1) is 12.5. The molecule has 142 valence electrons. The molecule has 1 saturated carbocycles. The second kappa shape index (κ2) is 9.49. The fraction of sp³-hybridized carbons (Fsp3) is 0.444. The molecule has 7 nitrogen and oxygen atoms in total. The van der Waals surface area contributed by atoms with Gasteiger partial charge in [0.05, 0.1) is 6.61 Å². The highest BCUT2D eigenvalue weighted by molar-refractivity contribution is 7.76. The van der Waals surface area contributed by atoms with Crippen molar-refractivity contribution in [3.05, 3.63) is 48.2 Å². The molecule has 1 atom stereocenters. The lowest BCUT2D eigenvalue weighted by atomic mass is 9.98. The average molecular weight is 380 g/mol. The van der Waals surface area contributed by atoms with Gasteiger partial charge < -0.3 is 14.0 Å². The number of esters is 2. The number of carbonyl (C=O) groups is 2. The van der Waals surface area contributed by atoms with E-state index in [9.17, 15) is 18.4 Å². The molecule has 0 amide bonds. The average Bonchev–Trinajstić information content (AvgIpc) is 3.11. The van der Waals surface area contributed by atoms with Gasteiger partial charge in [-0.15, -0.1) is 0 Å². The van der Waals surface area contributed by atoms with Crippen LogP contribution in [0.15, 0.2) is 42.6 Å². The Morgan fingerprint density at radius 3 is 2.46 bits per heavy atom. The number of ether oxygens (including phenoxy) is 2. The van der Waals surface area contributed by atoms with Crippen LogP contribution in [0.5, 0.6) is 0 Å². The zero-order valence-electron chi connectivity index (χ0n) is 14.6. The Morgan fingerprint density at radius 2 is 1.88 bits per heavy atom. The summed E-state index contributed by atoms with van der Waals surface area (Å²) in [6.45, 7) is 1.88. The van der Waals surface area contributed by atoms with Crippen LogP contribution in [0.3, 0.4) is 0 Å². The van der Waals surface area contributed by atoms with Crippen LogP contribution in [0.4, 0.5) is 0 Å². The van der Waals surface area contributed by atoms with Crippen molar-refractivity contribution in [1.82, 2.24) is 4.31 Å². The largest absolute Gasteiger partial charge is 0.755 e. The van der Waals surface area contributed by atoms with Crippen LogP contribution in [0.25, 0.3) is 0 Å². The minimum absolute atomic E-state index is 0.0579. The van der Waals surface area contributed by atoms with Crippen LogP contribution in [-0.4, -0.2) is 37.2 Å². The van der Waals surface area contributed by atoms with E-state index in [-0.39, 0.29) is 13.2 Å². The zero-order chi connectivity index (χ0) is 19.0. The lowest BCUT2D eigenvalue weighted by Crippen LogP contribution is -2.51. The Labute approximate surface area is 155 Å². The molecule has 1 fully saturated rings. The highest BCUT2D eigenvalue weighted by Crippen LogP contribution is 2.37. The van der Waals surface area contributed by atoms with E-state index in [2.05, 4.69) is 0 Å². The maximum Gasteiger partial charge on any atom is 0.333 e. The number of hydrogen-bond donors (Lipinski definition) is 0. The van der Waals surface area contributed by atoms with E-state index in [1.807, 2.05) is 30.3 Å². The van der Waals surface area contributed by atoms with Gasteiger partial charge in [0.1, 0.15) is 12.1 Å². The Balaban J connectivity index is 2.17. The normalized spacial score (nSPS) is 17.0. The van der Waals surface area contributed by atoms with Gasteiger partial charge in [-0.1, -0.05) is 43.2 Å². The van der Waals surface area contributed by atoms with E-state index in [0.29, 0.717) is 25.7 Å². The predicted molar refractivity (Wildman–Crippen MR) is 94.0 cm³/mol. The Bertz CT molecular complexity index is 670. The molecule has 1 aliphatic carbocycles. The van der Waals surface area contributed by atoms with E-state index in [0.717, 1.165) is 22.1 Å². The van der Waals surface area contributed by atoms with Gasteiger partial charge in [0.25, 0.3) is 0 Å². The number of hydrogen-bond acceptors (Lipinski definition) is 6. The fourth-order valence-electron chi connectivity index (χ4n) is 2.99. The predicted octanol–water partition coefficient (Wildman–Crippen LogP) is 2.22. The number of benzene rings is 1. The molecule has 2 rings (SSSR count). The molecular weight excluding hydrogens is 358 g/mol. The standard InChI is InChI=1S/C18H23NO6S/c1-2-24-16(20)10-13-19(26(22)23)18(11-6-7-12-18)17(21)25-14-15-8-4-3-5-9-15/h3-5,8-10,13H,2,6-7,11-12,14H2,1H3,(H,22,23)/p-1/b13-10+. The molecule has 1 aliphatic rings. The molecule has 0 N–H and O–H groups in total. The smallest absolute Gasteiger partial charge is 0.333 e. The number of nitrogens with zero attached hydrogens (tertiary/aromatic N) is 1. The van der Waals surface area contributed by atoms with Gasteiger partial charge >= 0.3 is 11.9 Å². The van der Waals surface area contributed by atoms with Gasteiger partial charge in [0.2, 0.25) is 0 Å². The molecule has 0 spiro atoms. The summed E-state index contributed by atoms with van der Waals surface area (Å²) in [7, 11) is 0. The number of rotatable bonds is 8. The van der Waals surface area contributed by atoms with E-state index in [1.165, 1.54) is 0 Å². The quantitative estimate of drug-likeness (QED) is 0.390. The molecule has 0 aromatic heterocycles. The molecule has 1 aromatic rings.